The molecule has 5 heterocycles. The molecule has 0 spiro atoms. The van der Waals surface area contributed by atoms with Gasteiger partial charge in [-0.2, -0.15) is 0 Å². The summed E-state index contributed by atoms with van der Waals surface area (Å²) in [5, 5.41) is 185. The fourth-order valence-corrected chi connectivity index (χ4v) is 17.5. The van der Waals surface area contributed by atoms with Crippen molar-refractivity contribution < 1.29 is 134 Å². The van der Waals surface area contributed by atoms with E-state index in [9.17, 15) is 86.8 Å². The fourth-order valence-electron chi connectivity index (χ4n) is 17.5. The Morgan fingerprint density at radius 1 is 0.512 bits per heavy atom. The highest BCUT2D eigenvalue weighted by atomic mass is 16.8. The van der Waals surface area contributed by atoms with Crippen LogP contribution in [0.2, 0.25) is 0 Å². The highest BCUT2D eigenvalue weighted by molar-refractivity contribution is 5.21. The van der Waals surface area contributed by atoms with Gasteiger partial charge in [-0.1, -0.05) is 46.3 Å². The zero-order valence-electron chi connectivity index (χ0n) is 50.5. The second-order valence-electron chi connectivity index (χ2n) is 28.1. The number of rotatable bonds is 18. The van der Waals surface area contributed by atoms with Crippen LogP contribution in [0, 0.1) is 45.3 Å². The number of hydrogen-bond acceptors (Lipinski definition) is 27. The number of hydrogen-bond donors (Lipinski definition) is 17. The highest BCUT2D eigenvalue weighted by Crippen LogP contribution is 2.76. The second-order valence-corrected chi connectivity index (χ2v) is 28.1. The molecule has 0 aromatic carbocycles. The van der Waals surface area contributed by atoms with Gasteiger partial charge in [-0.05, 0) is 124 Å². The van der Waals surface area contributed by atoms with E-state index in [0.29, 0.717) is 38.5 Å². The topological polar surface area (TPSA) is 436 Å². The summed E-state index contributed by atoms with van der Waals surface area (Å²) in [5.74, 6) is -0.628. The molecule has 498 valence electrons. The standard InChI is InChI=1S/C59H100O27/c1-24(2)10-9-14-59(8,86-53-46(75)42(71)39(68)31(82-53)23-78-51-47(76)48(40(69)30(21-62)79-51)84-50-44(73)36(65)27(64)22-77-50)25-11-16-58(7)35(25)26(63)18-33-56(5)15-13-34(55(3,4)32(56)12-17-57(33,58)6)83-54-49(43(72)38(67)29(20-61)81-54)85-52-45(74)41(70)37(66)28(19-60)80-52/h10,25-54,60-76H,9,11-23H2,1-8H3/t25-,26+,27+,28+,29+,30+,31+,32+,33+,34+,35-,36-,37+,38+,39+,40+,41-,42-,43-,44+,45+,46+,47+,48-,49+,50-,51+,52-,53-,54-,56+,57+,58-,59+/m1/s1. The largest absolute Gasteiger partial charge is 0.394 e. The van der Waals surface area contributed by atoms with Gasteiger partial charge in [-0.15, -0.1) is 0 Å². The van der Waals surface area contributed by atoms with Crippen molar-refractivity contribution in [2.45, 2.75) is 278 Å². The van der Waals surface area contributed by atoms with Gasteiger partial charge in [-0.25, -0.2) is 0 Å². The minimum atomic E-state index is -1.84. The van der Waals surface area contributed by atoms with Crippen LogP contribution in [-0.4, -0.2) is 285 Å². The van der Waals surface area contributed by atoms with Crippen LogP contribution in [0.15, 0.2) is 11.6 Å². The van der Waals surface area contributed by atoms with Crippen molar-refractivity contribution >= 4 is 0 Å². The molecule has 4 aliphatic carbocycles. The third kappa shape index (κ3) is 12.3. The first-order valence-corrected chi connectivity index (χ1v) is 30.8. The van der Waals surface area contributed by atoms with Crippen molar-refractivity contribution in [2.75, 3.05) is 33.0 Å². The van der Waals surface area contributed by atoms with Crippen LogP contribution in [0.5, 0.6) is 0 Å². The first kappa shape index (κ1) is 69.0. The molecule has 0 amide bonds. The van der Waals surface area contributed by atoms with E-state index in [1.54, 1.807) is 0 Å². The maximum absolute atomic E-state index is 12.9. The van der Waals surface area contributed by atoms with E-state index in [-0.39, 0.29) is 34.5 Å². The number of allylic oxidation sites excluding steroid dienone is 2. The van der Waals surface area contributed by atoms with Crippen LogP contribution in [0.3, 0.4) is 0 Å². The average Bonchev–Trinajstić information content (AvgIpc) is 1.29. The van der Waals surface area contributed by atoms with Gasteiger partial charge in [0.2, 0.25) is 0 Å². The number of aliphatic hydroxyl groups excluding tert-OH is 17. The van der Waals surface area contributed by atoms with Crippen molar-refractivity contribution in [3.8, 4) is 0 Å². The summed E-state index contributed by atoms with van der Waals surface area (Å²) in [6.07, 6.45) is -33.0. The summed E-state index contributed by atoms with van der Waals surface area (Å²) >= 11 is 0. The lowest BCUT2D eigenvalue weighted by molar-refractivity contribution is -0.378. The van der Waals surface area contributed by atoms with Gasteiger partial charge in [0.25, 0.3) is 0 Å². The van der Waals surface area contributed by atoms with E-state index >= 15 is 0 Å². The smallest absolute Gasteiger partial charge is 0.187 e. The molecular formula is C59H100O27. The quantitative estimate of drug-likeness (QED) is 0.0463. The maximum Gasteiger partial charge on any atom is 0.187 e. The molecule has 9 rings (SSSR count). The molecule has 0 unspecified atom stereocenters. The van der Waals surface area contributed by atoms with E-state index < -0.39 is 209 Å². The van der Waals surface area contributed by atoms with E-state index in [2.05, 4.69) is 40.7 Å². The predicted molar refractivity (Wildman–Crippen MR) is 293 cm³/mol. The van der Waals surface area contributed by atoms with Gasteiger partial charge < -0.3 is 134 Å². The van der Waals surface area contributed by atoms with Gasteiger partial charge in [0.05, 0.1) is 50.8 Å². The van der Waals surface area contributed by atoms with Gasteiger partial charge in [0.15, 0.2) is 31.5 Å². The summed E-state index contributed by atoms with van der Waals surface area (Å²) in [4.78, 5) is 0. The lowest BCUT2D eigenvalue weighted by Crippen LogP contribution is -2.68. The lowest BCUT2D eigenvalue weighted by Gasteiger charge is -2.71. The fraction of sp³-hybridized carbons (Fsp3) is 0.966. The minimum absolute atomic E-state index is 0.00480. The Kier molecular flexibility index (Phi) is 21.3. The van der Waals surface area contributed by atoms with Crippen molar-refractivity contribution in [1.82, 2.24) is 0 Å². The van der Waals surface area contributed by atoms with Crippen molar-refractivity contribution in [3.05, 3.63) is 11.6 Å². The van der Waals surface area contributed by atoms with E-state index in [4.69, 9.17) is 47.4 Å². The second kappa shape index (κ2) is 26.6. The Hall–Kier alpha value is -1.34. The SMILES string of the molecule is CC(C)=CCC[C@](C)(O[C@H]1O[C@@H](CO[C@H]2O[C@@H](CO)[C@H](O)[C@@H](O[C@H]3OC[C@H](O)[C@@H](O)[C@@H]3O)[C@@H]2O)[C@H](O)[C@@H](O)[C@@H]1O)[C@@H]1CC[C@]2(C)[C@H]1[C@@H](O)C[C@H]1[C@@]3(C)CC[C@H](O[C@H]4O[C@@H](CO)[C@H](O)[C@@H](O)[C@@H]4O[C@H]4O[C@@H](CO)[C@H](O)[C@@H](O)[C@@H]4O)C(C)(C)[C@@H]3CC[C@@]12C. The van der Waals surface area contributed by atoms with Crippen LogP contribution in [0.4, 0.5) is 0 Å². The maximum atomic E-state index is 12.9. The van der Waals surface area contributed by atoms with Gasteiger partial charge in [0, 0.05) is 0 Å². The molecule has 5 saturated heterocycles. The molecule has 27 heteroatoms. The summed E-state index contributed by atoms with van der Waals surface area (Å²) in [5.41, 5.74) is -1.82. The zero-order valence-corrected chi connectivity index (χ0v) is 50.5. The molecule has 9 aliphatic rings. The summed E-state index contributed by atoms with van der Waals surface area (Å²) in [6.45, 7) is 13.8. The average molecular weight is 1240 g/mol. The molecule has 4 saturated carbocycles. The molecule has 5 aliphatic heterocycles. The molecule has 0 aromatic rings. The molecule has 34 atom stereocenters. The van der Waals surface area contributed by atoms with Crippen LogP contribution in [-0.2, 0) is 47.4 Å². The monoisotopic (exact) mass is 1240 g/mol. The van der Waals surface area contributed by atoms with E-state index in [0.717, 1.165) is 24.8 Å². The van der Waals surface area contributed by atoms with Crippen molar-refractivity contribution in [3.63, 3.8) is 0 Å². The molecule has 27 nitrogen and oxygen atoms in total. The number of aliphatic hydroxyl groups is 17. The number of fused-ring (bicyclic) bond motifs is 5. The van der Waals surface area contributed by atoms with Gasteiger partial charge in [0.1, 0.15) is 116 Å². The van der Waals surface area contributed by atoms with E-state index in [1.807, 2.05) is 20.8 Å². The van der Waals surface area contributed by atoms with Gasteiger partial charge in [-0.3, -0.25) is 0 Å². The van der Waals surface area contributed by atoms with Crippen molar-refractivity contribution in [1.29, 1.82) is 0 Å². The Labute approximate surface area is 501 Å². The lowest BCUT2D eigenvalue weighted by atomic mass is 9.35. The normalized spacial score (nSPS) is 52.9. The first-order chi connectivity index (χ1) is 40.3. The Balaban J connectivity index is 0.913. The Morgan fingerprint density at radius 3 is 1.70 bits per heavy atom. The predicted octanol–water partition coefficient (Wildman–Crippen LogP) is -3.74. The minimum Gasteiger partial charge on any atom is -0.394 e. The van der Waals surface area contributed by atoms with Crippen LogP contribution in [0.25, 0.3) is 0 Å². The molecule has 0 bridgehead atoms. The molecular weight excluding hydrogens is 1140 g/mol. The Morgan fingerprint density at radius 2 is 1.06 bits per heavy atom. The molecule has 0 radical (unpaired) electrons. The highest BCUT2D eigenvalue weighted by Gasteiger charge is 2.72. The van der Waals surface area contributed by atoms with Crippen molar-refractivity contribution in [2.24, 2.45) is 45.3 Å². The third-order valence-electron chi connectivity index (χ3n) is 22.6. The molecule has 86 heavy (non-hydrogen) atoms. The van der Waals surface area contributed by atoms with E-state index in [1.165, 1.54) is 0 Å². The molecule has 17 N–H and O–H groups in total. The first-order valence-electron chi connectivity index (χ1n) is 30.8. The summed E-state index contributed by atoms with van der Waals surface area (Å²) in [7, 11) is 0. The van der Waals surface area contributed by atoms with Crippen LogP contribution >= 0.6 is 0 Å². The Bertz CT molecular complexity index is 2260. The summed E-state index contributed by atoms with van der Waals surface area (Å²) < 4.78 is 60.5. The number of ether oxygens (including phenoxy) is 10. The summed E-state index contributed by atoms with van der Waals surface area (Å²) in [6, 6.07) is 0. The zero-order chi connectivity index (χ0) is 63.1. The molecule has 9 fully saturated rings. The van der Waals surface area contributed by atoms with Gasteiger partial charge >= 0.3 is 0 Å². The molecule has 0 aromatic heterocycles. The van der Waals surface area contributed by atoms with Crippen LogP contribution in [0.1, 0.15) is 113 Å². The third-order valence-corrected chi connectivity index (χ3v) is 22.6. The van der Waals surface area contributed by atoms with Crippen LogP contribution < -0.4 is 0 Å².